The summed E-state index contributed by atoms with van der Waals surface area (Å²) in [5, 5.41) is 36.4. The van der Waals surface area contributed by atoms with Crippen molar-refractivity contribution < 1.29 is 10.2 Å². The van der Waals surface area contributed by atoms with E-state index in [9.17, 15) is 10.2 Å². The van der Waals surface area contributed by atoms with Crippen LogP contribution in [0.5, 0.6) is 11.5 Å². The molecule has 6 N–H and O–H groups in total. The predicted molar refractivity (Wildman–Crippen MR) is 148 cm³/mol. The highest BCUT2D eigenvalue weighted by Crippen LogP contribution is 2.28. The quantitative estimate of drug-likeness (QED) is 0.304. The summed E-state index contributed by atoms with van der Waals surface area (Å²) < 4.78 is 0. The van der Waals surface area contributed by atoms with Gasteiger partial charge < -0.3 is 41.3 Å². The van der Waals surface area contributed by atoms with Gasteiger partial charge in [-0.3, -0.25) is 0 Å². The Labute approximate surface area is 225 Å². The second kappa shape index (κ2) is 15.0. The minimum atomic E-state index is 0.301. The molecular weight excluding hydrogens is 499 g/mol. The molecule has 0 atom stereocenters. The average molecular weight is 540 g/mol. The van der Waals surface area contributed by atoms with Crippen LogP contribution < -0.4 is 21.3 Å². The number of halogens is 2. The first-order chi connectivity index (χ1) is 17.3. The van der Waals surface area contributed by atoms with Crippen LogP contribution in [0, 0.1) is 0 Å². The van der Waals surface area contributed by atoms with Crippen LogP contribution in [0.25, 0.3) is 0 Å². The second-order valence-electron chi connectivity index (χ2n) is 9.46. The first-order valence-electron chi connectivity index (χ1n) is 12.5. The largest absolute Gasteiger partial charge is 0.507 e. The lowest BCUT2D eigenvalue weighted by atomic mass is 10.1. The van der Waals surface area contributed by atoms with Gasteiger partial charge in [0.05, 0.1) is 0 Å². The molecule has 1 heterocycles. The number of phenolic OH excluding ortho intramolecular Hbond substituents is 2. The van der Waals surface area contributed by atoms with Gasteiger partial charge in [-0.05, 0) is 38.4 Å². The Bertz CT molecular complexity index is 834. The Hall–Kier alpha value is -1.62. The molecule has 8 nitrogen and oxygen atoms in total. The van der Waals surface area contributed by atoms with Crippen LogP contribution in [0.4, 0.5) is 0 Å². The number of aromatic hydroxyl groups is 2. The van der Waals surface area contributed by atoms with Crippen molar-refractivity contribution in [3.05, 3.63) is 56.6 Å². The molecule has 1 aliphatic rings. The van der Waals surface area contributed by atoms with Gasteiger partial charge in [0, 0.05) is 111 Å². The predicted octanol–water partition coefficient (Wildman–Crippen LogP) is 2.34. The maximum absolute atomic E-state index is 10.7. The summed E-state index contributed by atoms with van der Waals surface area (Å²) in [5.41, 5.74) is 3.23. The highest BCUT2D eigenvalue weighted by molar-refractivity contribution is 6.31. The molecule has 3 rings (SSSR count). The molecule has 0 aromatic heterocycles. The summed E-state index contributed by atoms with van der Waals surface area (Å²) in [6.45, 7) is 8.81. The van der Waals surface area contributed by atoms with E-state index < -0.39 is 0 Å². The Kier molecular flexibility index (Phi) is 12.0. The fraction of sp³-hybridized carbons (Fsp3) is 0.538. The molecule has 0 saturated carbocycles. The van der Waals surface area contributed by atoms with Crippen LogP contribution >= 0.6 is 23.2 Å². The fourth-order valence-corrected chi connectivity index (χ4v) is 4.70. The van der Waals surface area contributed by atoms with Gasteiger partial charge in [-0.1, -0.05) is 23.2 Å². The summed E-state index contributed by atoms with van der Waals surface area (Å²) in [7, 11) is 4.15. The zero-order chi connectivity index (χ0) is 25.9. The maximum Gasteiger partial charge on any atom is 0.124 e. The zero-order valence-corrected chi connectivity index (χ0v) is 22.9. The van der Waals surface area contributed by atoms with Gasteiger partial charge in [0.25, 0.3) is 0 Å². The van der Waals surface area contributed by atoms with Crippen molar-refractivity contribution in [3.8, 4) is 11.5 Å². The Morgan fingerprint density at radius 1 is 0.556 bits per heavy atom. The lowest BCUT2D eigenvalue weighted by molar-refractivity contribution is 0.326. The zero-order valence-electron chi connectivity index (χ0n) is 21.3. The van der Waals surface area contributed by atoms with E-state index in [0.717, 1.165) is 74.6 Å². The number of hydrogen-bond acceptors (Lipinski definition) is 8. The van der Waals surface area contributed by atoms with E-state index in [4.69, 9.17) is 23.2 Å². The van der Waals surface area contributed by atoms with Crippen LogP contribution in [-0.2, 0) is 26.2 Å². The molecule has 0 aliphatic carbocycles. The highest BCUT2D eigenvalue weighted by atomic mass is 35.5. The number of nitrogens with one attached hydrogen (secondary N) is 4. The van der Waals surface area contributed by atoms with E-state index in [1.54, 1.807) is 0 Å². The van der Waals surface area contributed by atoms with E-state index >= 15 is 0 Å². The van der Waals surface area contributed by atoms with E-state index in [-0.39, 0.29) is 0 Å². The van der Waals surface area contributed by atoms with Crippen molar-refractivity contribution in [2.24, 2.45) is 0 Å². The number of rotatable bonds is 0. The van der Waals surface area contributed by atoms with E-state index in [1.165, 1.54) is 0 Å². The minimum absolute atomic E-state index is 0.301. The van der Waals surface area contributed by atoms with Crippen molar-refractivity contribution in [1.29, 1.82) is 0 Å². The topological polar surface area (TPSA) is 95.1 Å². The molecule has 2 aromatic rings. The van der Waals surface area contributed by atoms with Crippen LogP contribution in [0.1, 0.15) is 22.3 Å². The molecule has 0 saturated heterocycles. The highest BCUT2D eigenvalue weighted by Gasteiger charge is 2.12. The fourth-order valence-electron chi connectivity index (χ4n) is 4.17. The van der Waals surface area contributed by atoms with Crippen LogP contribution in [0.3, 0.4) is 0 Å². The molecular formula is C26H40Cl2N6O2. The number of hydrogen-bond donors (Lipinski definition) is 6. The molecule has 2 aromatic carbocycles. The number of nitrogens with zero attached hydrogens (tertiary/aromatic N) is 2. The molecule has 0 unspecified atom stereocenters. The van der Waals surface area contributed by atoms with Crippen molar-refractivity contribution in [2.75, 3.05) is 66.5 Å². The van der Waals surface area contributed by atoms with Gasteiger partial charge in [-0.25, -0.2) is 0 Å². The van der Waals surface area contributed by atoms with Gasteiger partial charge in [-0.15, -0.1) is 0 Å². The molecule has 0 radical (unpaired) electrons. The summed E-state index contributed by atoms with van der Waals surface area (Å²) in [4.78, 5) is 4.46. The molecule has 36 heavy (non-hydrogen) atoms. The SMILES string of the molecule is CN1CCNCc2cc(Cl)cc(c2O)CNCCN(C)CCNCc2cc(Cl)cc(c2O)CNCC1. The lowest BCUT2D eigenvalue weighted by Gasteiger charge is -2.19. The maximum atomic E-state index is 10.7. The summed E-state index contributed by atoms with van der Waals surface area (Å²) >= 11 is 12.7. The summed E-state index contributed by atoms with van der Waals surface area (Å²) in [5.74, 6) is 0.603. The standard InChI is InChI=1S/C26H40Cl2N6O2/c1-33-7-3-29-15-19-11-23(27)13-21(25(19)35)17-31-5-9-34(2)10-6-32-18-22-14-24(28)12-20(26(22)36)16-30-4-8-33/h11-14,29-32,35-36H,3-10,15-18H2,1-2H3. The molecule has 0 amide bonds. The smallest absolute Gasteiger partial charge is 0.124 e. The number of likely N-dealkylation sites (N-methyl/N-ethyl adjacent to an activating group) is 2. The van der Waals surface area contributed by atoms with E-state index in [0.29, 0.717) is 47.7 Å². The molecule has 0 spiro atoms. The minimum Gasteiger partial charge on any atom is -0.507 e. The number of benzene rings is 2. The Morgan fingerprint density at radius 3 is 1.06 bits per heavy atom. The van der Waals surface area contributed by atoms with Gasteiger partial charge >= 0.3 is 0 Å². The molecule has 1 aliphatic heterocycles. The van der Waals surface area contributed by atoms with Crippen molar-refractivity contribution in [2.45, 2.75) is 26.2 Å². The first-order valence-corrected chi connectivity index (χ1v) is 13.3. The Morgan fingerprint density at radius 2 is 0.806 bits per heavy atom. The van der Waals surface area contributed by atoms with E-state index in [2.05, 4.69) is 45.2 Å². The van der Waals surface area contributed by atoms with Crippen molar-refractivity contribution in [1.82, 2.24) is 31.1 Å². The molecule has 0 fully saturated rings. The first kappa shape index (κ1) is 28.9. The third-order valence-corrected chi connectivity index (χ3v) is 6.84. The third kappa shape index (κ3) is 9.36. The number of phenols is 2. The second-order valence-corrected chi connectivity index (χ2v) is 10.3. The number of fused-ring (bicyclic) bond motifs is 4. The monoisotopic (exact) mass is 538 g/mol. The van der Waals surface area contributed by atoms with Crippen LogP contribution in [0.15, 0.2) is 24.3 Å². The normalized spacial score (nSPS) is 19.0. The van der Waals surface area contributed by atoms with Gasteiger partial charge in [-0.2, -0.15) is 0 Å². The lowest BCUT2D eigenvalue weighted by Crippen LogP contribution is -2.34. The average Bonchev–Trinajstić information content (AvgIpc) is 2.84. The summed E-state index contributed by atoms with van der Waals surface area (Å²) in [6, 6.07) is 7.29. The van der Waals surface area contributed by atoms with Crippen LogP contribution in [0.2, 0.25) is 10.0 Å². The molecule has 10 heteroatoms. The molecule has 4 bridgehead atoms. The third-order valence-electron chi connectivity index (χ3n) is 6.41. The Balaban J connectivity index is 1.63. The van der Waals surface area contributed by atoms with E-state index in [1.807, 2.05) is 24.3 Å². The van der Waals surface area contributed by atoms with Gasteiger partial charge in [0.15, 0.2) is 0 Å². The van der Waals surface area contributed by atoms with Crippen molar-refractivity contribution in [3.63, 3.8) is 0 Å². The van der Waals surface area contributed by atoms with Gasteiger partial charge in [0.1, 0.15) is 11.5 Å². The molecule has 200 valence electrons. The summed E-state index contributed by atoms with van der Waals surface area (Å²) in [6.07, 6.45) is 0. The van der Waals surface area contributed by atoms with Gasteiger partial charge in [0.2, 0.25) is 0 Å². The van der Waals surface area contributed by atoms with Crippen LogP contribution in [-0.4, -0.2) is 86.5 Å². The van der Waals surface area contributed by atoms with Crippen molar-refractivity contribution >= 4 is 23.2 Å².